The first kappa shape index (κ1) is 56.9. The Morgan fingerprint density at radius 2 is 1.07 bits per heavy atom. The van der Waals surface area contributed by atoms with E-state index in [1.54, 1.807) is 0 Å². The van der Waals surface area contributed by atoms with E-state index in [0.717, 1.165) is 57.8 Å². The van der Waals surface area contributed by atoms with Gasteiger partial charge in [-0.3, -0.25) is 9.35 Å². The van der Waals surface area contributed by atoms with E-state index in [1.165, 1.54) is 135 Å². The summed E-state index contributed by atoms with van der Waals surface area (Å²) in [5, 5.41) is 30.7. The number of ether oxygens (including phenoxy) is 4. The molecule has 1 heterocycles. The summed E-state index contributed by atoms with van der Waals surface area (Å²) in [6, 6.07) is 0. The molecule has 13 heteroatoms. The van der Waals surface area contributed by atoms with Crippen molar-refractivity contribution in [2.24, 2.45) is 0 Å². The van der Waals surface area contributed by atoms with Gasteiger partial charge in [0.25, 0.3) is 0 Å². The fourth-order valence-corrected chi connectivity index (χ4v) is 8.16. The quantitative estimate of drug-likeness (QED) is 0.0197. The lowest BCUT2D eigenvalue weighted by molar-refractivity contribution is -0.301. The van der Waals surface area contributed by atoms with Crippen LogP contribution in [0.5, 0.6) is 0 Å². The number of carbonyl (C=O) groups excluding carboxylic acids is 1. The molecule has 6 unspecified atom stereocenters. The van der Waals surface area contributed by atoms with Gasteiger partial charge in [0.15, 0.2) is 6.29 Å². The van der Waals surface area contributed by atoms with Crippen molar-refractivity contribution in [2.75, 3.05) is 26.4 Å². The molecule has 1 aliphatic rings. The Morgan fingerprint density at radius 3 is 1.55 bits per heavy atom. The summed E-state index contributed by atoms with van der Waals surface area (Å²) in [6.45, 7) is 3.97. The second kappa shape index (κ2) is 39.4. The van der Waals surface area contributed by atoms with Crippen molar-refractivity contribution in [3.05, 3.63) is 12.2 Å². The molecule has 0 aliphatic carbocycles. The van der Waals surface area contributed by atoms with Gasteiger partial charge in [-0.1, -0.05) is 193 Å². The molecular weight excluding hydrogens is 789 g/mol. The molecule has 0 saturated carbocycles. The van der Waals surface area contributed by atoms with E-state index in [4.69, 9.17) is 23.5 Å². The van der Waals surface area contributed by atoms with Crippen LogP contribution >= 0.6 is 0 Å². The molecule has 0 aromatic heterocycles. The molecule has 6 atom stereocenters. The van der Waals surface area contributed by atoms with Crippen LogP contribution in [0, 0.1) is 0 Å². The molecule has 12 nitrogen and oxygen atoms in total. The zero-order valence-electron chi connectivity index (χ0n) is 38.0. The Morgan fingerprint density at radius 1 is 0.617 bits per heavy atom. The van der Waals surface area contributed by atoms with E-state index in [1.807, 2.05) is 0 Å². The van der Waals surface area contributed by atoms with Crippen molar-refractivity contribution < 1.29 is 56.2 Å². The molecular formula is C47H90O12S. The van der Waals surface area contributed by atoms with Crippen LogP contribution in [0.2, 0.25) is 0 Å². The average Bonchev–Trinajstić information content (AvgIpc) is 3.22. The Balaban J connectivity index is 2.31. The molecule has 1 saturated heterocycles. The van der Waals surface area contributed by atoms with Gasteiger partial charge in [-0.15, -0.1) is 0 Å². The third-order valence-electron chi connectivity index (χ3n) is 11.4. The molecule has 1 rings (SSSR count). The largest absolute Gasteiger partial charge is 0.457 e. The summed E-state index contributed by atoms with van der Waals surface area (Å²) in [5.74, 6) is -0.406. The van der Waals surface area contributed by atoms with Crippen molar-refractivity contribution in [1.82, 2.24) is 0 Å². The van der Waals surface area contributed by atoms with Gasteiger partial charge < -0.3 is 34.3 Å². The summed E-state index contributed by atoms with van der Waals surface area (Å²) in [5.41, 5.74) is 0. The highest BCUT2D eigenvalue weighted by Gasteiger charge is 2.48. The van der Waals surface area contributed by atoms with Crippen LogP contribution in [0.15, 0.2) is 12.2 Å². The summed E-state index contributed by atoms with van der Waals surface area (Å²) >= 11 is 0. The van der Waals surface area contributed by atoms with E-state index in [0.29, 0.717) is 13.0 Å². The molecule has 0 radical (unpaired) electrons. The minimum atomic E-state index is -5.06. The third-order valence-corrected chi connectivity index (χ3v) is 11.9. The smallest absolute Gasteiger partial charge is 0.397 e. The number of rotatable bonds is 43. The van der Waals surface area contributed by atoms with Gasteiger partial charge in [-0.25, -0.2) is 4.18 Å². The predicted molar refractivity (Wildman–Crippen MR) is 239 cm³/mol. The topological polar surface area (TPSA) is 178 Å². The highest BCUT2D eigenvalue weighted by molar-refractivity contribution is 7.80. The van der Waals surface area contributed by atoms with Crippen molar-refractivity contribution in [3.8, 4) is 0 Å². The van der Waals surface area contributed by atoms with Gasteiger partial charge in [0.2, 0.25) is 0 Å². The molecule has 0 spiro atoms. The molecule has 0 aromatic rings. The number of aliphatic hydroxyl groups is 3. The third kappa shape index (κ3) is 32.5. The summed E-state index contributed by atoms with van der Waals surface area (Å²) < 4.78 is 59.1. The predicted octanol–water partition coefficient (Wildman–Crippen LogP) is 10.6. The fourth-order valence-electron chi connectivity index (χ4n) is 7.66. The number of esters is 1. The maximum Gasteiger partial charge on any atom is 0.397 e. The van der Waals surface area contributed by atoms with E-state index in [9.17, 15) is 28.5 Å². The van der Waals surface area contributed by atoms with Gasteiger partial charge in [-0.05, 0) is 32.1 Å². The molecule has 0 aromatic carbocycles. The fraction of sp³-hybridized carbons (Fsp3) is 0.936. The van der Waals surface area contributed by atoms with Crippen LogP contribution in [0.4, 0.5) is 0 Å². The highest BCUT2D eigenvalue weighted by Crippen LogP contribution is 2.26. The van der Waals surface area contributed by atoms with Gasteiger partial charge >= 0.3 is 16.4 Å². The van der Waals surface area contributed by atoms with Gasteiger partial charge in [0.1, 0.15) is 30.5 Å². The lowest BCUT2D eigenvalue weighted by atomic mass is 9.99. The van der Waals surface area contributed by atoms with Crippen LogP contribution in [-0.2, 0) is 38.3 Å². The first-order valence-corrected chi connectivity index (χ1v) is 25.8. The standard InChI is InChI=1S/C47H90O12S/c1-3-5-7-9-11-13-15-16-17-18-19-20-21-22-23-24-25-27-29-31-33-35-37-55-39-41(57-43(49)36-34-32-30-28-26-14-12-10-8-6-4-2)40-56-47-45(51)46(59-60(52,53)54)44(50)42(38-48)58-47/h10,12,41-42,44-48,50-51H,3-9,11,13-40H2,1-2H3,(H,52,53,54)/b12-10-. The van der Waals surface area contributed by atoms with E-state index in [2.05, 4.69) is 30.2 Å². The van der Waals surface area contributed by atoms with Gasteiger partial charge in [0.05, 0.1) is 19.8 Å². The first-order chi connectivity index (χ1) is 29.1. The highest BCUT2D eigenvalue weighted by atomic mass is 32.3. The van der Waals surface area contributed by atoms with Crippen molar-refractivity contribution in [1.29, 1.82) is 0 Å². The van der Waals surface area contributed by atoms with Crippen LogP contribution in [0.3, 0.4) is 0 Å². The normalized spacial score (nSPS) is 20.3. The monoisotopic (exact) mass is 879 g/mol. The summed E-state index contributed by atoms with van der Waals surface area (Å²) in [7, 11) is -5.06. The summed E-state index contributed by atoms with van der Waals surface area (Å²) in [4.78, 5) is 12.8. The first-order valence-electron chi connectivity index (χ1n) is 24.4. The number of aliphatic hydroxyl groups excluding tert-OH is 3. The molecule has 1 aliphatic heterocycles. The van der Waals surface area contributed by atoms with E-state index < -0.39 is 59.8 Å². The van der Waals surface area contributed by atoms with E-state index in [-0.39, 0.29) is 19.6 Å². The zero-order valence-corrected chi connectivity index (χ0v) is 38.9. The number of hydrogen-bond donors (Lipinski definition) is 4. The lowest BCUT2D eigenvalue weighted by Crippen LogP contribution is -2.60. The Labute approximate surface area is 366 Å². The average molecular weight is 879 g/mol. The molecule has 0 bridgehead atoms. The maximum atomic E-state index is 12.8. The molecule has 4 N–H and O–H groups in total. The Hall–Kier alpha value is -1.16. The lowest BCUT2D eigenvalue weighted by Gasteiger charge is -2.41. The van der Waals surface area contributed by atoms with Gasteiger partial charge in [0, 0.05) is 13.0 Å². The molecule has 1 fully saturated rings. The van der Waals surface area contributed by atoms with Crippen LogP contribution < -0.4 is 0 Å². The molecule has 60 heavy (non-hydrogen) atoms. The number of carbonyl (C=O) groups is 1. The van der Waals surface area contributed by atoms with E-state index >= 15 is 0 Å². The number of hydrogen-bond acceptors (Lipinski definition) is 11. The van der Waals surface area contributed by atoms with Gasteiger partial charge in [-0.2, -0.15) is 8.42 Å². The van der Waals surface area contributed by atoms with Crippen molar-refractivity contribution in [3.63, 3.8) is 0 Å². The Bertz CT molecular complexity index is 1110. The minimum absolute atomic E-state index is 0.0383. The molecule has 356 valence electrons. The Kier molecular flexibility index (Phi) is 37.4. The second-order valence-electron chi connectivity index (χ2n) is 17.1. The maximum absolute atomic E-state index is 12.8. The number of unbranched alkanes of at least 4 members (excludes halogenated alkanes) is 28. The van der Waals surface area contributed by atoms with Crippen LogP contribution in [0.25, 0.3) is 0 Å². The number of allylic oxidation sites excluding steroid dienone is 2. The van der Waals surface area contributed by atoms with Crippen molar-refractivity contribution in [2.45, 2.75) is 256 Å². The van der Waals surface area contributed by atoms with Crippen molar-refractivity contribution >= 4 is 16.4 Å². The van der Waals surface area contributed by atoms with Crippen LogP contribution in [0.1, 0.15) is 219 Å². The second-order valence-corrected chi connectivity index (χ2v) is 18.1. The molecule has 0 amide bonds. The zero-order chi connectivity index (χ0) is 43.9. The van der Waals surface area contributed by atoms with Crippen LogP contribution in [-0.4, -0.2) is 97.5 Å². The SMILES string of the molecule is CCCC/C=C\CCCCCCCC(=O)OC(COCCCCCCCCCCCCCCCCCCCCCCCC)COC1OC(CO)C(O)C(OS(=O)(=O)O)C1O. The minimum Gasteiger partial charge on any atom is -0.457 e. The summed E-state index contributed by atoms with van der Waals surface area (Å²) in [6.07, 6.45) is 34.0.